The number of fused-ring (bicyclic) bond motifs is 1. The summed E-state index contributed by atoms with van der Waals surface area (Å²) >= 11 is 0. The van der Waals surface area contributed by atoms with Crippen molar-refractivity contribution in [2.24, 2.45) is 0 Å². The minimum absolute atomic E-state index is 0.00315. The van der Waals surface area contributed by atoms with Crippen LogP contribution < -0.4 is 5.32 Å². The van der Waals surface area contributed by atoms with Gasteiger partial charge in [0.2, 0.25) is 11.7 Å². The molecule has 0 atom stereocenters. The molecule has 1 aliphatic rings. The van der Waals surface area contributed by atoms with E-state index in [-0.39, 0.29) is 17.3 Å². The summed E-state index contributed by atoms with van der Waals surface area (Å²) in [6.45, 7) is 0. The van der Waals surface area contributed by atoms with Gasteiger partial charge >= 0.3 is 5.97 Å². The van der Waals surface area contributed by atoms with Crippen LogP contribution in [0.3, 0.4) is 0 Å². The first-order chi connectivity index (χ1) is 13.0. The third kappa shape index (κ3) is 2.93. The number of hydrogen-bond donors (Lipinski definition) is 3. The zero-order chi connectivity index (χ0) is 19.0. The number of aromatic nitrogens is 2. The first-order valence-corrected chi connectivity index (χ1v) is 7.90. The molecule has 0 unspecified atom stereocenters. The molecule has 0 saturated heterocycles. The van der Waals surface area contributed by atoms with Crippen LogP contribution >= 0.6 is 0 Å². The summed E-state index contributed by atoms with van der Waals surface area (Å²) in [6, 6.07) is 9.21. The number of H-pyrrole nitrogens is 1. The van der Waals surface area contributed by atoms with Crippen LogP contribution in [-0.4, -0.2) is 26.8 Å². The highest BCUT2D eigenvalue weighted by atomic mass is 19.1. The Hall–Kier alpha value is -3.94. The van der Waals surface area contributed by atoms with Crippen molar-refractivity contribution >= 4 is 34.5 Å². The number of allylic oxidation sites excluding steroid dienone is 1. The molecule has 0 fully saturated rings. The van der Waals surface area contributed by atoms with E-state index in [9.17, 15) is 19.1 Å². The number of ketones is 1. The van der Waals surface area contributed by atoms with Crippen LogP contribution in [0.5, 0.6) is 0 Å². The molecule has 8 heteroatoms. The molecule has 0 saturated carbocycles. The lowest BCUT2D eigenvalue weighted by molar-refractivity contribution is -0.134. The zero-order valence-corrected chi connectivity index (χ0v) is 13.7. The van der Waals surface area contributed by atoms with Crippen LogP contribution in [0.15, 0.2) is 66.0 Å². The number of rotatable bonds is 4. The fourth-order valence-corrected chi connectivity index (χ4v) is 2.73. The fraction of sp³-hybridized carbons (Fsp3) is 0. The molecular weight excluding hydrogens is 353 g/mol. The second kappa shape index (κ2) is 6.41. The van der Waals surface area contributed by atoms with Crippen LogP contribution in [0.1, 0.15) is 5.56 Å². The molecule has 0 amide bonds. The third-order valence-electron chi connectivity index (χ3n) is 4.00. The number of carbonyl (C=O) groups is 2. The first-order valence-electron chi connectivity index (χ1n) is 7.90. The van der Waals surface area contributed by atoms with Gasteiger partial charge in [0.15, 0.2) is 11.3 Å². The Labute approximate surface area is 151 Å². The molecule has 0 bridgehead atoms. The SMILES string of the molecule is O=C(O)C1=C(Nc2ccccc2F)OC(=Cc2c[nH]c3ncccc23)C1=O. The van der Waals surface area contributed by atoms with E-state index in [2.05, 4.69) is 15.3 Å². The lowest BCUT2D eigenvalue weighted by Gasteiger charge is -2.08. The quantitative estimate of drug-likeness (QED) is 0.485. The molecule has 3 aromatic rings. The van der Waals surface area contributed by atoms with Gasteiger partial charge < -0.3 is 20.1 Å². The van der Waals surface area contributed by atoms with E-state index < -0.39 is 23.1 Å². The number of Topliss-reactive ketones (excluding diaryl/α,β-unsaturated/α-hetero) is 1. The van der Waals surface area contributed by atoms with Gasteiger partial charge in [-0.3, -0.25) is 4.79 Å². The van der Waals surface area contributed by atoms with E-state index in [1.807, 2.05) is 0 Å². The van der Waals surface area contributed by atoms with Gasteiger partial charge in [-0.1, -0.05) is 12.1 Å². The number of pyridine rings is 1. The number of nitrogens with one attached hydrogen (secondary N) is 2. The number of anilines is 1. The standard InChI is InChI=1S/C19H12FN3O4/c20-12-5-1-2-6-13(12)23-18-15(19(25)26)16(24)14(27-18)8-10-9-22-17-11(10)4-3-7-21-17/h1-9,23H,(H,21,22)(H,25,26). The Morgan fingerprint density at radius 1 is 1.26 bits per heavy atom. The van der Waals surface area contributed by atoms with Crippen molar-refractivity contribution in [3.63, 3.8) is 0 Å². The van der Waals surface area contributed by atoms with Gasteiger partial charge in [-0.05, 0) is 30.3 Å². The van der Waals surface area contributed by atoms with E-state index in [0.29, 0.717) is 11.2 Å². The zero-order valence-electron chi connectivity index (χ0n) is 13.7. The molecular formula is C19H12FN3O4. The van der Waals surface area contributed by atoms with E-state index in [4.69, 9.17) is 4.74 Å². The van der Waals surface area contributed by atoms with Crippen LogP contribution in [-0.2, 0) is 14.3 Å². The Kier molecular flexibility index (Phi) is 3.92. The molecule has 3 heterocycles. The molecule has 0 spiro atoms. The van der Waals surface area contributed by atoms with Crippen LogP contribution in [0.2, 0.25) is 0 Å². The molecule has 1 aromatic carbocycles. The maximum atomic E-state index is 13.8. The van der Waals surface area contributed by atoms with Gasteiger partial charge in [-0.25, -0.2) is 14.2 Å². The fourth-order valence-electron chi connectivity index (χ4n) is 2.73. The number of halogens is 1. The van der Waals surface area contributed by atoms with Gasteiger partial charge in [-0.15, -0.1) is 0 Å². The van der Waals surface area contributed by atoms with Gasteiger partial charge in [-0.2, -0.15) is 0 Å². The van der Waals surface area contributed by atoms with E-state index in [0.717, 1.165) is 5.39 Å². The smallest absolute Gasteiger partial charge is 0.345 e. The van der Waals surface area contributed by atoms with Crippen molar-refractivity contribution in [1.82, 2.24) is 9.97 Å². The number of ether oxygens (including phenoxy) is 1. The average molecular weight is 365 g/mol. The normalized spacial score (nSPS) is 15.4. The summed E-state index contributed by atoms with van der Waals surface area (Å²) in [7, 11) is 0. The van der Waals surface area contributed by atoms with Crippen LogP contribution in [0.25, 0.3) is 17.1 Å². The molecule has 3 N–H and O–H groups in total. The number of nitrogens with zero attached hydrogens (tertiary/aromatic N) is 1. The number of para-hydroxylation sites is 1. The molecule has 1 aliphatic heterocycles. The van der Waals surface area contributed by atoms with Crippen LogP contribution in [0.4, 0.5) is 10.1 Å². The first kappa shape index (κ1) is 16.5. The maximum absolute atomic E-state index is 13.8. The summed E-state index contributed by atoms with van der Waals surface area (Å²) in [6.07, 6.45) is 4.67. The molecule has 27 heavy (non-hydrogen) atoms. The minimum atomic E-state index is -1.47. The third-order valence-corrected chi connectivity index (χ3v) is 4.00. The number of hydrogen-bond acceptors (Lipinski definition) is 5. The number of aromatic amines is 1. The highest BCUT2D eigenvalue weighted by Gasteiger charge is 2.36. The predicted molar refractivity (Wildman–Crippen MR) is 94.8 cm³/mol. The molecule has 2 aromatic heterocycles. The Balaban J connectivity index is 1.71. The number of benzene rings is 1. The van der Waals surface area contributed by atoms with E-state index in [1.165, 1.54) is 24.3 Å². The van der Waals surface area contributed by atoms with Gasteiger partial charge in [0.25, 0.3) is 0 Å². The second-order valence-electron chi connectivity index (χ2n) is 5.70. The monoisotopic (exact) mass is 365 g/mol. The topological polar surface area (TPSA) is 104 Å². The van der Waals surface area contributed by atoms with Crippen molar-refractivity contribution < 1.29 is 23.8 Å². The maximum Gasteiger partial charge on any atom is 0.345 e. The Morgan fingerprint density at radius 3 is 2.85 bits per heavy atom. The number of carbonyl (C=O) groups excluding carboxylic acids is 1. The second-order valence-corrected chi connectivity index (χ2v) is 5.70. The summed E-state index contributed by atoms with van der Waals surface area (Å²) < 4.78 is 19.3. The van der Waals surface area contributed by atoms with Crippen molar-refractivity contribution in [2.45, 2.75) is 0 Å². The summed E-state index contributed by atoms with van der Waals surface area (Å²) in [5.74, 6) is -3.40. The molecule has 134 valence electrons. The van der Waals surface area contributed by atoms with Crippen molar-refractivity contribution in [3.05, 3.63) is 77.4 Å². The van der Waals surface area contributed by atoms with Crippen molar-refractivity contribution in [1.29, 1.82) is 0 Å². The van der Waals surface area contributed by atoms with Gasteiger partial charge in [0, 0.05) is 23.3 Å². The van der Waals surface area contributed by atoms with Crippen molar-refractivity contribution in [3.8, 4) is 0 Å². The molecule has 7 nitrogen and oxygen atoms in total. The summed E-state index contributed by atoms with van der Waals surface area (Å²) in [5.41, 5.74) is 0.628. The number of aliphatic carboxylic acids is 1. The van der Waals surface area contributed by atoms with Crippen molar-refractivity contribution in [2.75, 3.05) is 5.32 Å². The molecule has 4 rings (SSSR count). The van der Waals surface area contributed by atoms with Gasteiger partial charge in [0.05, 0.1) is 5.69 Å². The molecule has 0 radical (unpaired) electrons. The number of carboxylic acids is 1. The number of carboxylic acid groups (broad SMARTS) is 1. The Morgan fingerprint density at radius 2 is 2.07 bits per heavy atom. The highest BCUT2D eigenvalue weighted by molar-refractivity contribution is 6.26. The summed E-state index contributed by atoms with van der Waals surface area (Å²) in [5, 5.41) is 12.7. The average Bonchev–Trinajstić information content (AvgIpc) is 3.19. The lowest BCUT2D eigenvalue weighted by atomic mass is 10.1. The Bertz CT molecular complexity index is 1150. The minimum Gasteiger partial charge on any atom is -0.477 e. The molecule has 0 aliphatic carbocycles. The predicted octanol–water partition coefficient (Wildman–Crippen LogP) is 3.05. The lowest BCUT2D eigenvalue weighted by Crippen LogP contribution is -2.12. The van der Waals surface area contributed by atoms with E-state index >= 15 is 0 Å². The summed E-state index contributed by atoms with van der Waals surface area (Å²) in [4.78, 5) is 31.1. The highest BCUT2D eigenvalue weighted by Crippen LogP contribution is 2.30. The van der Waals surface area contributed by atoms with Crippen LogP contribution in [0, 0.1) is 5.82 Å². The van der Waals surface area contributed by atoms with Gasteiger partial charge in [0.1, 0.15) is 11.5 Å². The largest absolute Gasteiger partial charge is 0.477 e. The van der Waals surface area contributed by atoms with E-state index in [1.54, 1.807) is 30.6 Å².